The van der Waals surface area contributed by atoms with Gasteiger partial charge in [0, 0.05) is 15.7 Å². The molecule has 0 aliphatic heterocycles. The van der Waals surface area contributed by atoms with Crippen molar-refractivity contribution in [1.82, 2.24) is 5.32 Å². The van der Waals surface area contributed by atoms with Crippen molar-refractivity contribution in [2.75, 3.05) is 11.9 Å². The highest BCUT2D eigenvalue weighted by molar-refractivity contribution is 9.10. The lowest BCUT2D eigenvalue weighted by Crippen LogP contribution is -2.53. The van der Waals surface area contributed by atoms with Crippen LogP contribution in [0.5, 0.6) is 0 Å². The van der Waals surface area contributed by atoms with Gasteiger partial charge in [-0.1, -0.05) is 34.8 Å². The van der Waals surface area contributed by atoms with Gasteiger partial charge in [-0.3, -0.25) is 9.59 Å². The molecule has 126 valence electrons. The molecule has 0 aromatic heterocycles. The third kappa shape index (κ3) is 4.78. The molecule has 1 aromatic rings. The number of hydrogen-bond acceptors (Lipinski definition) is 3. The Morgan fingerprint density at radius 3 is 2.83 bits per heavy atom. The van der Waals surface area contributed by atoms with E-state index in [-0.39, 0.29) is 24.3 Å². The first kappa shape index (κ1) is 17.9. The summed E-state index contributed by atoms with van der Waals surface area (Å²) in [7, 11) is 0. The Kier molecular flexibility index (Phi) is 5.81. The van der Waals surface area contributed by atoms with E-state index >= 15 is 0 Å². The molecular weight excluding hydrogens is 358 g/mol. The summed E-state index contributed by atoms with van der Waals surface area (Å²) in [6, 6.07) is 5.67. The fraction of sp³-hybridized carbons (Fsp3) is 0.529. The van der Waals surface area contributed by atoms with E-state index in [1.165, 1.54) is 0 Å². The number of halogens is 1. The predicted molar refractivity (Wildman–Crippen MR) is 95.1 cm³/mol. The smallest absolute Gasteiger partial charge is 0.243 e. The standard InChI is InChI=1S/C17H24BrN3O2/c1-11-6-7-12(18)9-14(11)21-15(22)10-20-16(23)13-5-3-4-8-17(13,2)19/h6-7,9,13H,3-5,8,10,19H2,1-2H3,(H,20,23)(H,21,22). The second-order valence-corrected chi connectivity index (χ2v) is 7.45. The first-order valence-corrected chi connectivity index (χ1v) is 8.71. The zero-order chi connectivity index (χ0) is 17.0. The number of amides is 2. The monoisotopic (exact) mass is 381 g/mol. The molecule has 0 radical (unpaired) electrons. The SMILES string of the molecule is Cc1ccc(Br)cc1NC(=O)CNC(=O)C1CCCCC1(C)N. The molecule has 2 rings (SSSR count). The normalized spacial score (nSPS) is 24.1. The quantitative estimate of drug-likeness (QED) is 0.749. The molecule has 1 aliphatic rings. The van der Waals surface area contributed by atoms with E-state index in [1.807, 2.05) is 32.0 Å². The summed E-state index contributed by atoms with van der Waals surface area (Å²) in [5.74, 6) is -0.596. The van der Waals surface area contributed by atoms with E-state index in [2.05, 4.69) is 26.6 Å². The van der Waals surface area contributed by atoms with Gasteiger partial charge >= 0.3 is 0 Å². The molecule has 0 saturated heterocycles. The van der Waals surface area contributed by atoms with E-state index < -0.39 is 5.54 Å². The fourth-order valence-electron chi connectivity index (χ4n) is 3.00. The zero-order valence-electron chi connectivity index (χ0n) is 13.6. The number of rotatable bonds is 4. The van der Waals surface area contributed by atoms with Gasteiger partial charge in [0.15, 0.2) is 0 Å². The summed E-state index contributed by atoms with van der Waals surface area (Å²) in [4.78, 5) is 24.4. The molecule has 0 heterocycles. The number of hydrogen-bond donors (Lipinski definition) is 3. The van der Waals surface area contributed by atoms with Gasteiger partial charge in [0.2, 0.25) is 11.8 Å². The van der Waals surface area contributed by atoms with Crippen LogP contribution < -0.4 is 16.4 Å². The topological polar surface area (TPSA) is 84.2 Å². The molecule has 1 aliphatic carbocycles. The number of carbonyl (C=O) groups excluding carboxylic acids is 2. The van der Waals surface area contributed by atoms with Crippen molar-refractivity contribution in [3.8, 4) is 0 Å². The molecule has 23 heavy (non-hydrogen) atoms. The lowest BCUT2D eigenvalue weighted by atomic mass is 9.74. The average Bonchev–Trinajstić information content (AvgIpc) is 2.48. The highest BCUT2D eigenvalue weighted by Gasteiger charge is 2.37. The van der Waals surface area contributed by atoms with Crippen LogP contribution in [0.15, 0.2) is 22.7 Å². The molecule has 1 fully saturated rings. The third-order valence-electron chi connectivity index (χ3n) is 4.47. The minimum absolute atomic E-state index is 0.0443. The molecule has 6 heteroatoms. The summed E-state index contributed by atoms with van der Waals surface area (Å²) in [5.41, 5.74) is 7.44. The van der Waals surface area contributed by atoms with Crippen LogP contribution in [-0.2, 0) is 9.59 Å². The summed E-state index contributed by atoms with van der Waals surface area (Å²) < 4.78 is 0.892. The van der Waals surface area contributed by atoms with E-state index in [0.29, 0.717) is 0 Å². The molecule has 0 bridgehead atoms. The van der Waals surface area contributed by atoms with Crippen molar-refractivity contribution >= 4 is 33.4 Å². The van der Waals surface area contributed by atoms with Crippen LogP contribution in [0.4, 0.5) is 5.69 Å². The second-order valence-electron chi connectivity index (χ2n) is 6.53. The minimum Gasteiger partial charge on any atom is -0.347 e. The zero-order valence-corrected chi connectivity index (χ0v) is 15.2. The van der Waals surface area contributed by atoms with Crippen LogP contribution in [0.25, 0.3) is 0 Å². The van der Waals surface area contributed by atoms with Crippen LogP contribution >= 0.6 is 15.9 Å². The van der Waals surface area contributed by atoms with Gasteiger partial charge in [-0.15, -0.1) is 0 Å². The second kappa shape index (κ2) is 7.45. The molecule has 0 spiro atoms. The van der Waals surface area contributed by atoms with Crippen LogP contribution in [-0.4, -0.2) is 23.9 Å². The Bertz CT molecular complexity index is 602. The highest BCUT2D eigenvalue weighted by atomic mass is 79.9. The molecule has 1 aromatic carbocycles. The summed E-state index contributed by atoms with van der Waals surface area (Å²) in [5, 5.41) is 5.53. The number of anilines is 1. The highest BCUT2D eigenvalue weighted by Crippen LogP contribution is 2.31. The number of aryl methyl sites for hydroxylation is 1. The van der Waals surface area contributed by atoms with Crippen LogP contribution in [0.2, 0.25) is 0 Å². The van der Waals surface area contributed by atoms with Gasteiger partial charge in [-0.2, -0.15) is 0 Å². The maximum atomic E-state index is 12.3. The molecular formula is C17H24BrN3O2. The Balaban J connectivity index is 1.89. The molecule has 2 atom stereocenters. The number of benzene rings is 1. The average molecular weight is 382 g/mol. The maximum absolute atomic E-state index is 12.3. The molecule has 4 N–H and O–H groups in total. The predicted octanol–water partition coefficient (Wildman–Crippen LogP) is 2.72. The van der Waals surface area contributed by atoms with Gasteiger partial charge in [-0.05, 0) is 44.4 Å². The van der Waals surface area contributed by atoms with Gasteiger partial charge < -0.3 is 16.4 Å². The number of nitrogens with two attached hydrogens (primary N) is 1. The van der Waals surface area contributed by atoms with Crippen molar-refractivity contribution in [3.05, 3.63) is 28.2 Å². The summed E-state index contributed by atoms with van der Waals surface area (Å²) >= 11 is 3.38. The van der Waals surface area contributed by atoms with E-state index in [1.54, 1.807) is 0 Å². The van der Waals surface area contributed by atoms with Crippen molar-refractivity contribution in [3.63, 3.8) is 0 Å². The Morgan fingerprint density at radius 1 is 1.39 bits per heavy atom. The molecule has 2 unspecified atom stereocenters. The van der Waals surface area contributed by atoms with Gasteiger partial charge in [0.25, 0.3) is 0 Å². The summed E-state index contributed by atoms with van der Waals surface area (Å²) in [6.45, 7) is 3.79. The Labute approximate surface area is 145 Å². The van der Waals surface area contributed by atoms with Crippen molar-refractivity contribution < 1.29 is 9.59 Å². The molecule has 2 amide bonds. The molecule has 1 saturated carbocycles. The lowest BCUT2D eigenvalue weighted by molar-refractivity contribution is -0.130. The number of carbonyl (C=O) groups is 2. The van der Waals surface area contributed by atoms with Gasteiger partial charge in [-0.25, -0.2) is 0 Å². The van der Waals surface area contributed by atoms with Gasteiger partial charge in [0.1, 0.15) is 0 Å². The third-order valence-corrected chi connectivity index (χ3v) is 4.96. The first-order chi connectivity index (χ1) is 10.8. The van der Waals surface area contributed by atoms with E-state index in [0.717, 1.165) is 41.4 Å². The van der Waals surface area contributed by atoms with Crippen LogP contribution in [0.1, 0.15) is 38.2 Å². The largest absolute Gasteiger partial charge is 0.347 e. The minimum atomic E-state index is -0.486. The van der Waals surface area contributed by atoms with Gasteiger partial charge in [0.05, 0.1) is 12.5 Å². The fourth-order valence-corrected chi connectivity index (χ4v) is 3.36. The van der Waals surface area contributed by atoms with E-state index in [9.17, 15) is 9.59 Å². The number of nitrogens with one attached hydrogen (secondary N) is 2. The Morgan fingerprint density at radius 2 is 2.13 bits per heavy atom. The Hall–Kier alpha value is -1.40. The lowest BCUT2D eigenvalue weighted by Gasteiger charge is -2.37. The van der Waals surface area contributed by atoms with Crippen molar-refractivity contribution in [2.24, 2.45) is 11.7 Å². The first-order valence-electron chi connectivity index (χ1n) is 7.92. The van der Waals surface area contributed by atoms with E-state index in [4.69, 9.17) is 5.73 Å². The maximum Gasteiger partial charge on any atom is 0.243 e. The molecule has 5 nitrogen and oxygen atoms in total. The van der Waals surface area contributed by atoms with Crippen LogP contribution in [0, 0.1) is 12.8 Å². The van der Waals surface area contributed by atoms with Crippen molar-refractivity contribution in [1.29, 1.82) is 0 Å². The summed E-state index contributed by atoms with van der Waals surface area (Å²) in [6.07, 6.45) is 3.69. The van der Waals surface area contributed by atoms with Crippen molar-refractivity contribution in [2.45, 2.75) is 45.1 Å². The van der Waals surface area contributed by atoms with Crippen LogP contribution in [0.3, 0.4) is 0 Å².